The third-order valence-corrected chi connectivity index (χ3v) is 7.10. The Bertz CT molecular complexity index is 525. The monoisotopic (exact) mass is 315 g/mol. The van der Waals surface area contributed by atoms with Crippen molar-refractivity contribution in [1.29, 1.82) is 0 Å². The van der Waals surface area contributed by atoms with E-state index in [1.165, 1.54) is 70.6 Å². The number of hydrogen-bond donors (Lipinski definition) is 1. The lowest BCUT2D eigenvalue weighted by Gasteiger charge is -2.57. The summed E-state index contributed by atoms with van der Waals surface area (Å²) in [4.78, 5) is 4.71. The van der Waals surface area contributed by atoms with Crippen LogP contribution in [0, 0.1) is 17.8 Å². The molecule has 0 aliphatic heterocycles. The van der Waals surface area contributed by atoms with Crippen molar-refractivity contribution in [3.8, 4) is 0 Å². The molecule has 1 N–H and O–H groups in total. The molecule has 4 bridgehead atoms. The molecule has 6 rings (SSSR count). The van der Waals surface area contributed by atoms with Gasteiger partial charge in [-0.25, -0.2) is 0 Å². The van der Waals surface area contributed by atoms with Crippen LogP contribution in [0.5, 0.6) is 0 Å². The van der Waals surface area contributed by atoms with E-state index in [0.29, 0.717) is 11.5 Å². The molecular weight excluding hydrogens is 286 g/mol. The van der Waals surface area contributed by atoms with E-state index in [1.807, 2.05) is 0 Å². The lowest BCUT2D eigenvalue weighted by Crippen LogP contribution is -2.58. The largest absolute Gasteiger partial charge is 0.339 e. The molecule has 5 aliphatic rings. The van der Waals surface area contributed by atoms with Crippen LogP contribution in [-0.4, -0.2) is 15.7 Å². The van der Waals surface area contributed by atoms with Gasteiger partial charge in [0.1, 0.15) is 0 Å². The van der Waals surface area contributed by atoms with Crippen molar-refractivity contribution in [1.82, 2.24) is 15.5 Å². The maximum absolute atomic E-state index is 5.57. The quantitative estimate of drug-likeness (QED) is 0.905. The van der Waals surface area contributed by atoms with Gasteiger partial charge >= 0.3 is 0 Å². The Kier molecular flexibility index (Phi) is 3.50. The van der Waals surface area contributed by atoms with Crippen LogP contribution in [0.4, 0.5) is 0 Å². The smallest absolute Gasteiger partial charge is 0.229 e. The van der Waals surface area contributed by atoms with Crippen molar-refractivity contribution in [3.05, 3.63) is 11.7 Å². The van der Waals surface area contributed by atoms with Crippen LogP contribution in [0.3, 0.4) is 0 Å². The Morgan fingerprint density at radius 3 is 2.26 bits per heavy atom. The summed E-state index contributed by atoms with van der Waals surface area (Å²) in [5, 5.41) is 8.13. The number of rotatable bonds is 4. The molecule has 5 saturated carbocycles. The molecule has 0 aromatic carbocycles. The van der Waals surface area contributed by atoms with Crippen molar-refractivity contribution in [2.24, 2.45) is 17.8 Å². The summed E-state index contributed by atoms with van der Waals surface area (Å²) in [6.45, 7) is 0.794. The van der Waals surface area contributed by atoms with Crippen molar-refractivity contribution in [2.75, 3.05) is 0 Å². The summed E-state index contributed by atoms with van der Waals surface area (Å²) >= 11 is 0. The third kappa shape index (κ3) is 2.73. The van der Waals surface area contributed by atoms with Crippen molar-refractivity contribution in [3.63, 3.8) is 0 Å². The fourth-order valence-electron chi connectivity index (χ4n) is 6.45. The van der Waals surface area contributed by atoms with Gasteiger partial charge < -0.3 is 9.84 Å². The number of aromatic nitrogens is 2. The molecule has 0 radical (unpaired) electrons. The fourth-order valence-corrected chi connectivity index (χ4v) is 6.45. The Labute approximate surface area is 138 Å². The molecule has 4 heteroatoms. The Balaban J connectivity index is 1.24. The summed E-state index contributed by atoms with van der Waals surface area (Å²) in [5.74, 6) is 5.24. The minimum Gasteiger partial charge on any atom is -0.339 e. The van der Waals surface area contributed by atoms with Crippen LogP contribution in [0.15, 0.2) is 4.52 Å². The van der Waals surface area contributed by atoms with E-state index in [1.54, 1.807) is 0 Å². The average Bonchev–Trinajstić information content (AvgIpc) is 3.02. The maximum atomic E-state index is 5.57. The summed E-state index contributed by atoms with van der Waals surface area (Å²) in [6, 6.07) is 0. The lowest BCUT2D eigenvalue weighted by molar-refractivity contribution is -0.0209. The first-order chi connectivity index (χ1) is 11.3. The third-order valence-electron chi connectivity index (χ3n) is 7.10. The fraction of sp³-hybridized carbons (Fsp3) is 0.895. The van der Waals surface area contributed by atoms with E-state index in [-0.39, 0.29) is 0 Å². The summed E-state index contributed by atoms with van der Waals surface area (Å²) in [7, 11) is 0. The van der Waals surface area contributed by atoms with Crippen LogP contribution in [0.25, 0.3) is 0 Å². The van der Waals surface area contributed by atoms with E-state index < -0.39 is 0 Å². The van der Waals surface area contributed by atoms with E-state index >= 15 is 0 Å². The minimum absolute atomic E-state index is 0.389. The van der Waals surface area contributed by atoms with Crippen LogP contribution in [0.2, 0.25) is 0 Å². The molecular formula is C19H29N3O. The van der Waals surface area contributed by atoms with E-state index in [4.69, 9.17) is 9.51 Å². The second-order valence-electron chi connectivity index (χ2n) is 8.94. The SMILES string of the molecule is C1CCC(c2nc(CNC34CC5CC(CC(C5)C3)C4)no2)CC1. The zero-order valence-electron chi connectivity index (χ0n) is 14.1. The van der Waals surface area contributed by atoms with E-state index in [0.717, 1.165) is 36.0 Å². The van der Waals surface area contributed by atoms with Gasteiger partial charge in [-0.3, -0.25) is 0 Å². The summed E-state index contributed by atoms with van der Waals surface area (Å²) < 4.78 is 5.57. The van der Waals surface area contributed by atoms with Gasteiger partial charge in [-0.15, -0.1) is 0 Å². The van der Waals surface area contributed by atoms with Gasteiger partial charge in [0, 0.05) is 11.5 Å². The Hall–Kier alpha value is -0.900. The summed E-state index contributed by atoms with van der Waals surface area (Å²) in [6.07, 6.45) is 15.1. The molecule has 0 spiro atoms. The molecule has 1 heterocycles. The highest BCUT2D eigenvalue weighted by atomic mass is 16.5. The lowest BCUT2D eigenvalue weighted by atomic mass is 9.53. The second kappa shape index (κ2) is 5.58. The van der Waals surface area contributed by atoms with Crippen LogP contribution >= 0.6 is 0 Å². The van der Waals surface area contributed by atoms with Gasteiger partial charge in [0.05, 0.1) is 6.54 Å². The first kappa shape index (κ1) is 14.4. The molecule has 1 aromatic heterocycles. The zero-order valence-corrected chi connectivity index (χ0v) is 14.1. The molecule has 0 atom stereocenters. The topological polar surface area (TPSA) is 51.0 Å². The average molecular weight is 315 g/mol. The standard InChI is InChI=1S/C19H29N3O/c1-2-4-16(5-3-1)18-21-17(22-23-18)12-20-19-9-13-6-14(10-19)8-15(7-13)11-19/h13-16,20H,1-12H2. The molecule has 1 aromatic rings. The number of hydrogen-bond acceptors (Lipinski definition) is 4. The van der Waals surface area contributed by atoms with Crippen LogP contribution in [0.1, 0.15) is 88.3 Å². The first-order valence-electron chi connectivity index (χ1n) is 9.85. The molecule has 23 heavy (non-hydrogen) atoms. The van der Waals surface area contributed by atoms with Gasteiger partial charge in [-0.05, 0) is 69.1 Å². The molecule has 5 fully saturated rings. The number of nitrogens with one attached hydrogen (secondary N) is 1. The minimum atomic E-state index is 0.389. The molecule has 0 amide bonds. The van der Waals surface area contributed by atoms with Gasteiger partial charge in [0.2, 0.25) is 5.89 Å². The molecule has 126 valence electrons. The highest BCUT2D eigenvalue weighted by Gasteiger charge is 2.50. The normalized spacial score (nSPS) is 39.9. The number of nitrogens with zero attached hydrogens (tertiary/aromatic N) is 2. The van der Waals surface area contributed by atoms with E-state index in [9.17, 15) is 0 Å². The first-order valence-corrected chi connectivity index (χ1v) is 9.85. The molecule has 0 unspecified atom stereocenters. The highest BCUT2D eigenvalue weighted by molar-refractivity contribution is 5.07. The predicted molar refractivity (Wildman–Crippen MR) is 87.9 cm³/mol. The highest BCUT2D eigenvalue weighted by Crippen LogP contribution is 2.55. The molecule has 0 saturated heterocycles. The van der Waals surface area contributed by atoms with Gasteiger partial charge in [-0.1, -0.05) is 24.4 Å². The van der Waals surface area contributed by atoms with Crippen LogP contribution in [-0.2, 0) is 6.54 Å². The van der Waals surface area contributed by atoms with Gasteiger partial charge in [0.25, 0.3) is 0 Å². The molecule has 4 nitrogen and oxygen atoms in total. The predicted octanol–water partition coefficient (Wildman–Crippen LogP) is 4.18. The van der Waals surface area contributed by atoms with Gasteiger partial charge in [0.15, 0.2) is 5.82 Å². The van der Waals surface area contributed by atoms with Crippen molar-refractivity contribution >= 4 is 0 Å². The Morgan fingerprint density at radius 1 is 0.957 bits per heavy atom. The zero-order chi connectivity index (χ0) is 15.3. The van der Waals surface area contributed by atoms with Crippen LogP contribution < -0.4 is 5.32 Å². The van der Waals surface area contributed by atoms with Gasteiger partial charge in [-0.2, -0.15) is 4.98 Å². The van der Waals surface area contributed by atoms with Crippen molar-refractivity contribution in [2.45, 2.75) is 88.6 Å². The Morgan fingerprint density at radius 2 is 1.61 bits per heavy atom. The van der Waals surface area contributed by atoms with E-state index in [2.05, 4.69) is 10.5 Å². The molecule has 5 aliphatic carbocycles. The maximum Gasteiger partial charge on any atom is 0.229 e. The summed E-state index contributed by atoms with van der Waals surface area (Å²) in [5.41, 5.74) is 0.389. The second-order valence-corrected chi connectivity index (χ2v) is 8.94. The van der Waals surface area contributed by atoms with Crippen molar-refractivity contribution < 1.29 is 4.52 Å².